The van der Waals surface area contributed by atoms with Crippen molar-refractivity contribution in [1.29, 1.82) is 0 Å². The SMILES string of the molecule is CNC(=S)N(C(=O)C(C)c1ccc(OC)c(N=S(=O)=O)c1)C1CCCCC1. The monoisotopic (exact) mass is 411 g/mol. The Bertz CT molecular complexity index is 825. The maximum Gasteiger partial charge on any atom is 0.316 e. The van der Waals surface area contributed by atoms with Gasteiger partial charge in [0, 0.05) is 13.1 Å². The fourth-order valence-electron chi connectivity index (χ4n) is 3.38. The number of carbonyl (C=O) groups is 1. The fourth-order valence-corrected chi connectivity index (χ4v) is 3.93. The Kier molecular flexibility index (Phi) is 7.73. The second-order valence-corrected chi connectivity index (χ2v) is 7.52. The molecule has 2 rings (SSSR count). The van der Waals surface area contributed by atoms with E-state index >= 15 is 0 Å². The van der Waals surface area contributed by atoms with Crippen molar-refractivity contribution in [2.75, 3.05) is 14.2 Å². The number of nitrogens with zero attached hydrogens (tertiary/aromatic N) is 2. The number of rotatable bonds is 5. The van der Waals surface area contributed by atoms with Crippen molar-refractivity contribution >= 4 is 39.4 Å². The number of carbonyl (C=O) groups excluding carboxylic acids is 1. The lowest BCUT2D eigenvalue weighted by Crippen LogP contribution is -2.50. The first-order valence-electron chi connectivity index (χ1n) is 8.92. The van der Waals surface area contributed by atoms with Gasteiger partial charge in [-0.25, -0.2) is 0 Å². The van der Waals surface area contributed by atoms with E-state index in [0.717, 1.165) is 25.7 Å². The Morgan fingerprint density at radius 1 is 1.33 bits per heavy atom. The zero-order valence-electron chi connectivity index (χ0n) is 15.8. The first kappa shape index (κ1) is 21.3. The topological polar surface area (TPSA) is 88.1 Å². The second-order valence-electron chi connectivity index (χ2n) is 6.52. The molecule has 1 N–H and O–H groups in total. The number of hydrogen-bond acceptors (Lipinski definition) is 6. The molecule has 1 fully saturated rings. The van der Waals surface area contributed by atoms with Gasteiger partial charge in [0.1, 0.15) is 11.4 Å². The quantitative estimate of drug-likeness (QED) is 0.749. The summed E-state index contributed by atoms with van der Waals surface area (Å²) in [6, 6.07) is 5.02. The van der Waals surface area contributed by atoms with Crippen LogP contribution in [0.25, 0.3) is 0 Å². The molecule has 1 amide bonds. The van der Waals surface area contributed by atoms with Crippen molar-refractivity contribution in [3.63, 3.8) is 0 Å². The highest BCUT2D eigenvalue weighted by Gasteiger charge is 2.32. The summed E-state index contributed by atoms with van der Waals surface area (Å²) < 4.78 is 30.6. The molecular formula is C18H25N3O4S2. The Morgan fingerprint density at radius 3 is 2.56 bits per heavy atom. The van der Waals surface area contributed by atoms with E-state index in [1.165, 1.54) is 13.5 Å². The van der Waals surface area contributed by atoms with E-state index in [9.17, 15) is 13.2 Å². The van der Waals surface area contributed by atoms with Crippen LogP contribution in [0.1, 0.15) is 50.5 Å². The van der Waals surface area contributed by atoms with Gasteiger partial charge in [0.15, 0.2) is 5.11 Å². The third-order valence-electron chi connectivity index (χ3n) is 4.86. The zero-order valence-corrected chi connectivity index (χ0v) is 17.4. The number of hydrogen-bond donors (Lipinski definition) is 1. The van der Waals surface area contributed by atoms with Gasteiger partial charge in [-0.2, -0.15) is 8.42 Å². The van der Waals surface area contributed by atoms with Crippen molar-refractivity contribution in [3.8, 4) is 5.75 Å². The molecule has 1 aromatic carbocycles. The number of amides is 1. The summed E-state index contributed by atoms with van der Waals surface area (Å²) in [6.07, 6.45) is 5.19. The molecule has 0 heterocycles. The van der Waals surface area contributed by atoms with Crippen LogP contribution in [0.3, 0.4) is 0 Å². The molecule has 0 saturated heterocycles. The molecule has 148 valence electrons. The predicted octanol–water partition coefficient (Wildman–Crippen LogP) is 3.16. The van der Waals surface area contributed by atoms with Gasteiger partial charge < -0.3 is 10.1 Å². The van der Waals surface area contributed by atoms with Gasteiger partial charge in [0.05, 0.1) is 13.0 Å². The molecule has 0 spiro atoms. The lowest BCUT2D eigenvalue weighted by atomic mass is 9.92. The maximum atomic E-state index is 13.2. The van der Waals surface area contributed by atoms with E-state index in [-0.39, 0.29) is 17.6 Å². The predicted molar refractivity (Wildman–Crippen MR) is 108 cm³/mol. The summed E-state index contributed by atoms with van der Waals surface area (Å²) in [5.41, 5.74) is 0.827. The van der Waals surface area contributed by atoms with E-state index in [1.54, 1.807) is 37.1 Å². The van der Waals surface area contributed by atoms with Crippen LogP contribution >= 0.6 is 12.2 Å². The molecule has 0 aliphatic heterocycles. The fraction of sp³-hybridized carbons (Fsp3) is 0.556. The second kappa shape index (κ2) is 9.80. The van der Waals surface area contributed by atoms with Gasteiger partial charge in [-0.1, -0.05) is 25.3 Å². The minimum absolute atomic E-state index is 0.0881. The van der Waals surface area contributed by atoms with E-state index in [4.69, 9.17) is 17.0 Å². The molecule has 7 nitrogen and oxygen atoms in total. The van der Waals surface area contributed by atoms with Crippen LogP contribution in [-0.4, -0.2) is 44.5 Å². The molecule has 27 heavy (non-hydrogen) atoms. The van der Waals surface area contributed by atoms with Crippen LogP contribution in [0.4, 0.5) is 5.69 Å². The summed E-state index contributed by atoms with van der Waals surface area (Å²) in [5, 5.41) is 3.34. The van der Waals surface area contributed by atoms with Crippen molar-refractivity contribution in [1.82, 2.24) is 10.2 Å². The number of thiocarbonyl (C=S) groups is 1. The van der Waals surface area contributed by atoms with Gasteiger partial charge in [0.2, 0.25) is 5.91 Å². The van der Waals surface area contributed by atoms with Crippen LogP contribution in [0.5, 0.6) is 5.75 Å². The zero-order chi connectivity index (χ0) is 20.0. The van der Waals surface area contributed by atoms with Crippen LogP contribution in [0, 0.1) is 0 Å². The van der Waals surface area contributed by atoms with Crippen LogP contribution < -0.4 is 10.1 Å². The standard InChI is InChI=1S/C18H25N3O4S2/c1-12(13-9-10-16(25-3)15(11-13)20-27(23)24)17(22)21(18(26)19-2)14-7-5-4-6-8-14/h9-12,14H,4-8H2,1-3H3,(H,19,26). The lowest BCUT2D eigenvalue weighted by Gasteiger charge is -2.36. The highest BCUT2D eigenvalue weighted by atomic mass is 32.2. The summed E-state index contributed by atoms with van der Waals surface area (Å²) in [6.45, 7) is 1.79. The van der Waals surface area contributed by atoms with E-state index in [2.05, 4.69) is 9.68 Å². The Balaban J connectivity index is 2.35. The summed E-state index contributed by atoms with van der Waals surface area (Å²) in [4.78, 5) is 14.9. The van der Waals surface area contributed by atoms with Crippen molar-refractivity contribution in [3.05, 3.63) is 23.8 Å². The molecule has 1 aromatic rings. The Hall–Kier alpha value is -2.00. The van der Waals surface area contributed by atoms with Gasteiger partial charge >= 0.3 is 10.5 Å². The van der Waals surface area contributed by atoms with Gasteiger partial charge in [-0.3, -0.25) is 9.69 Å². The van der Waals surface area contributed by atoms with Crippen LogP contribution in [0.15, 0.2) is 22.6 Å². The molecule has 0 bridgehead atoms. The molecule has 1 aliphatic carbocycles. The average Bonchev–Trinajstić information content (AvgIpc) is 2.67. The molecular weight excluding hydrogens is 386 g/mol. The van der Waals surface area contributed by atoms with Crippen molar-refractivity contribution in [2.24, 2.45) is 4.36 Å². The summed E-state index contributed by atoms with van der Waals surface area (Å²) in [7, 11) is 0.536. The largest absolute Gasteiger partial charge is 0.494 e. The third kappa shape index (κ3) is 5.26. The number of ether oxygens (including phenoxy) is 1. The molecule has 1 unspecified atom stereocenters. The van der Waals surface area contributed by atoms with Crippen LogP contribution in [0.2, 0.25) is 0 Å². The molecule has 0 radical (unpaired) electrons. The number of nitrogens with one attached hydrogen (secondary N) is 1. The van der Waals surface area contributed by atoms with Gasteiger partial charge in [-0.15, -0.1) is 4.36 Å². The van der Waals surface area contributed by atoms with Crippen molar-refractivity contribution < 1.29 is 17.9 Å². The van der Waals surface area contributed by atoms with Gasteiger partial charge in [0.25, 0.3) is 0 Å². The van der Waals surface area contributed by atoms with Crippen molar-refractivity contribution in [2.45, 2.75) is 51.0 Å². The highest BCUT2D eigenvalue weighted by molar-refractivity contribution is 7.80. The molecule has 0 aromatic heterocycles. The first-order chi connectivity index (χ1) is 12.9. The third-order valence-corrected chi connectivity index (χ3v) is 5.60. The molecule has 9 heteroatoms. The smallest absolute Gasteiger partial charge is 0.316 e. The van der Waals surface area contributed by atoms with E-state index in [0.29, 0.717) is 16.4 Å². The van der Waals surface area contributed by atoms with E-state index in [1.807, 2.05) is 0 Å². The van der Waals surface area contributed by atoms with Gasteiger partial charge in [-0.05, 0) is 49.7 Å². The summed E-state index contributed by atoms with van der Waals surface area (Å²) >= 11 is 5.40. The maximum absolute atomic E-state index is 13.2. The normalized spacial score (nSPS) is 15.5. The summed E-state index contributed by atoms with van der Waals surface area (Å²) in [5.74, 6) is -0.281. The number of benzene rings is 1. The molecule has 1 aliphatic rings. The Morgan fingerprint density at radius 2 is 2.00 bits per heavy atom. The average molecular weight is 412 g/mol. The molecule has 1 atom stereocenters. The lowest BCUT2D eigenvalue weighted by molar-refractivity contribution is -0.130. The first-order valence-corrected chi connectivity index (χ1v) is 10.4. The minimum atomic E-state index is -2.61. The highest BCUT2D eigenvalue weighted by Crippen LogP contribution is 2.33. The van der Waals surface area contributed by atoms with Crippen LogP contribution in [-0.2, 0) is 15.3 Å². The minimum Gasteiger partial charge on any atom is -0.494 e. The Labute approximate surface area is 166 Å². The number of methoxy groups -OCH3 is 1. The van der Waals surface area contributed by atoms with E-state index < -0.39 is 16.4 Å². The molecule has 1 saturated carbocycles.